The van der Waals surface area contributed by atoms with Gasteiger partial charge in [0.25, 0.3) is 0 Å². The summed E-state index contributed by atoms with van der Waals surface area (Å²) in [5.74, 6) is 0.842. The van der Waals surface area contributed by atoms with Crippen LogP contribution in [0.1, 0.15) is 68.0 Å². The number of likely N-dealkylation sites (tertiary alicyclic amines) is 1. The Labute approximate surface area is 185 Å². The van der Waals surface area contributed by atoms with Crippen molar-refractivity contribution < 1.29 is 17.7 Å². The Hall–Kier alpha value is -2.29. The molecule has 1 atom stereocenters. The Morgan fingerprint density at radius 1 is 1.19 bits per heavy atom. The minimum absolute atomic E-state index is 0. The highest BCUT2D eigenvalue weighted by Crippen LogP contribution is 2.37. The molecule has 1 aliphatic heterocycles. The molecule has 6 nitrogen and oxygen atoms in total. The van der Waals surface area contributed by atoms with Gasteiger partial charge in [-0.1, -0.05) is 43.0 Å². The van der Waals surface area contributed by atoms with Crippen LogP contribution in [0.15, 0.2) is 22.7 Å². The molecule has 1 saturated heterocycles. The van der Waals surface area contributed by atoms with Crippen LogP contribution in [0, 0.1) is 11.3 Å². The molecule has 10 heteroatoms. The normalized spacial score (nSPS) is 19.6. The predicted molar refractivity (Wildman–Crippen MR) is 113 cm³/mol. The molecule has 0 amide bonds. The largest absolute Gasteiger partial charge is 0.416 e. The first-order valence-electron chi connectivity index (χ1n) is 10.5. The molecular weight excluding hydrogens is 431 g/mol. The van der Waals surface area contributed by atoms with Gasteiger partial charge in [-0.05, 0) is 43.2 Å². The van der Waals surface area contributed by atoms with Crippen molar-refractivity contribution in [3.8, 4) is 11.4 Å². The minimum atomic E-state index is -4.44. The quantitative estimate of drug-likeness (QED) is 0.467. The molecule has 170 valence electrons. The van der Waals surface area contributed by atoms with Gasteiger partial charge in [0.05, 0.1) is 5.56 Å². The van der Waals surface area contributed by atoms with Gasteiger partial charge in [-0.3, -0.25) is 5.41 Å². The van der Waals surface area contributed by atoms with E-state index < -0.39 is 11.7 Å². The average Bonchev–Trinajstić information content (AvgIpc) is 3.46. The van der Waals surface area contributed by atoms with Crippen LogP contribution in [0.5, 0.6) is 0 Å². The minimum Gasteiger partial charge on any atom is -0.370 e. The first-order chi connectivity index (χ1) is 14.3. The molecule has 0 unspecified atom stereocenters. The summed E-state index contributed by atoms with van der Waals surface area (Å²) in [6, 6.07) is 3.98. The Morgan fingerprint density at radius 3 is 2.61 bits per heavy atom. The van der Waals surface area contributed by atoms with Crippen molar-refractivity contribution >= 4 is 18.4 Å². The van der Waals surface area contributed by atoms with Crippen LogP contribution < -0.4 is 5.73 Å². The molecule has 1 aliphatic carbocycles. The van der Waals surface area contributed by atoms with Gasteiger partial charge in [0.15, 0.2) is 5.96 Å². The number of hydrogen-bond donors (Lipinski definition) is 2. The van der Waals surface area contributed by atoms with E-state index in [1.54, 1.807) is 17.0 Å². The number of benzene rings is 1. The van der Waals surface area contributed by atoms with E-state index >= 15 is 0 Å². The lowest BCUT2D eigenvalue weighted by molar-refractivity contribution is -0.138. The summed E-state index contributed by atoms with van der Waals surface area (Å²) >= 11 is 0. The number of halogens is 4. The van der Waals surface area contributed by atoms with Gasteiger partial charge in [-0.2, -0.15) is 18.2 Å². The van der Waals surface area contributed by atoms with Crippen LogP contribution in [0.4, 0.5) is 13.2 Å². The molecule has 2 aliphatic rings. The summed E-state index contributed by atoms with van der Waals surface area (Å²) in [6.07, 6.45) is 2.89. The van der Waals surface area contributed by atoms with Crippen LogP contribution in [-0.4, -0.2) is 27.5 Å². The fourth-order valence-corrected chi connectivity index (χ4v) is 4.66. The molecule has 0 radical (unpaired) electrons. The smallest absolute Gasteiger partial charge is 0.370 e. The molecule has 1 aromatic carbocycles. The number of nitrogens with zero attached hydrogens (tertiary/aromatic N) is 3. The fourth-order valence-electron chi connectivity index (χ4n) is 4.66. The molecule has 0 spiro atoms. The maximum absolute atomic E-state index is 13.7. The highest BCUT2D eigenvalue weighted by Gasteiger charge is 2.35. The van der Waals surface area contributed by atoms with E-state index in [1.807, 2.05) is 0 Å². The Kier molecular flexibility index (Phi) is 7.13. The summed E-state index contributed by atoms with van der Waals surface area (Å²) in [5, 5.41) is 11.5. The maximum Gasteiger partial charge on any atom is 0.416 e. The van der Waals surface area contributed by atoms with Crippen molar-refractivity contribution in [1.29, 1.82) is 5.41 Å². The molecule has 2 aromatic rings. The molecule has 3 N–H and O–H groups in total. The summed E-state index contributed by atoms with van der Waals surface area (Å²) in [6.45, 7) is 0.617. The van der Waals surface area contributed by atoms with Crippen LogP contribution in [-0.2, 0) is 12.6 Å². The lowest BCUT2D eigenvalue weighted by Crippen LogP contribution is -2.35. The standard InChI is InChI=1S/C21H26F3N5O.ClH/c22-21(23,24)16-12-15(10-9-14(16)8-7-13-4-1-2-5-13)18-27-19(30-28-18)17-6-3-11-29(17)20(25)26;/h9-10,12-13,17H,1-8,11H2,(H3,25,26);1H/t17-;/m0./s1. The van der Waals surface area contributed by atoms with Gasteiger partial charge >= 0.3 is 6.18 Å². The van der Waals surface area contributed by atoms with E-state index in [2.05, 4.69) is 10.1 Å². The summed E-state index contributed by atoms with van der Waals surface area (Å²) in [5.41, 5.74) is 5.56. The van der Waals surface area contributed by atoms with Gasteiger partial charge in [0.2, 0.25) is 11.7 Å². The third-order valence-electron chi connectivity index (χ3n) is 6.26. The summed E-state index contributed by atoms with van der Waals surface area (Å²) in [4.78, 5) is 5.98. The lowest BCUT2D eigenvalue weighted by Gasteiger charge is -2.21. The molecule has 4 rings (SSSR count). The topological polar surface area (TPSA) is 92.0 Å². The second-order valence-corrected chi connectivity index (χ2v) is 8.25. The number of nitrogens with two attached hydrogens (primary N) is 1. The zero-order chi connectivity index (χ0) is 21.3. The van der Waals surface area contributed by atoms with Gasteiger partial charge < -0.3 is 15.2 Å². The predicted octanol–water partition coefficient (Wildman–Crippen LogP) is 5.33. The van der Waals surface area contributed by atoms with Gasteiger partial charge in [0.1, 0.15) is 6.04 Å². The summed E-state index contributed by atoms with van der Waals surface area (Å²) in [7, 11) is 0. The van der Waals surface area contributed by atoms with E-state index in [0.717, 1.165) is 31.7 Å². The number of alkyl halides is 3. The van der Waals surface area contributed by atoms with E-state index in [-0.39, 0.29) is 41.7 Å². The van der Waals surface area contributed by atoms with Crippen molar-refractivity contribution in [3.05, 3.63) is 35.2 Å². The Bertz CT molecular complexity index is 911. The molecule has 2 heterocycles. The maximum atomic E-state index is 13.7. The second-order valence-electron chi connectivity index (χ2n) is 8.25. The van der Waals surface area contributed by atoms with Crippen LogP contribution in [0.25, 0.3) is 11.4 Å². The first kappa shape index (κ1) is 23.4. The monoisotopic (exact) mass is 457 g/mol. The highest BCUT2D eigenvalue weighted by molar-refractivity contribution is 5.85. The van der Waals surface area contributed by atoms with Crippen LogP contribution in [0.2, 0.25) is 0 Å². The first-order valence-corrected chi connectivity index (χ1v) is 10.5. The number of aromatic nitrogens is 2. The van der Waals surface area contributed by atoms with Gasteiger partial charge in [0, 0.05) is 12.1 Å². The van der Waals surface area contributed by atoms with E-state index in [4.69, 9.17) is 15.7 Å². The van der Waals surface area contributed by atoms with Crippen LogP contribution in [0.3, 0.4) is 0 Å². The van der Waals surface area contributed by atoms with Crippen molar-refractivity contribution in [3.63, 3.8) is 0 Å². The molecular formula is C21H27ClF3N5O. The van der Waals surface area contributed by atoms with E-state index in [9.17, 15) is 13.2 Å². The molecule has 31 heavy (non-hydrogen) atoms. The summed E-state index contributed by atoms with van der Waals surface area (Å²) < 4.78 is 46.5. The molecule has 0 bridgehead atoms. The fraction of sp³-hybridized carbons (Fsp3) is 0.571. The number of aryl methyl sites for hydroxylation is 1. The molecule has 2 fully saturated rings. The molecule has 1 aromatic heterocycles. The zero-order valence-corrected chi connectivity index (χ0v) is 17.9. The van der Waals surface area contributed by atoms with Gasteiger partial charge in [-0.25, -0.2) is 0 Å². The van der Waals surface area contributed by atoms with Crippen molar-refractivity contribution in [1.82, 2.24) is 15.0 Å². The van der Waals surface area contributed by atoms with E-state index in [0.29, 0.717) is 30.9 Å². The number of hydrogen-bond acceptors (Lipinski definition) is 4. The average molecular weight is 458 g/mol. The third-order valence-corrected chi connectivity index (χ3v) is 6.26. The lowest BCUT2D eigenvalue weighted by atomic mass is 9.94. The third kappa shape index (κ3) is 5.14. The van der Waals surface area contributed by atoms with Gasteiger partial charge in [-0.15, -0.1) is 12.4 Å². The number of rotatable bonds is 5. The molecule has 1 saturated carbocycles. The van der Waals surface area contributed by atoms with Crippen molar-refractivity contribution in [2.75, 3.05) is 6.54 Å². The highest BCUT2D eigenvalue weighted by atomic mass is 35.5. The second kappa shape index (κ2) is 9.46. The van der Waals surface area contributed by atoms with Crippen molar-refractivity contribution in [2.45, 2.75) is 63.6 Å². The Morgan fingerprint density at radius 2 is 1.94 bits per heavy atom. The zero-order valence-electron chi connectivity index (χ0n) is 17.1. The van der Waals surface area contributed by atoms with E-state index in [1.165, 1.54) is 12.8 Å². The Balaban J connectivity index is 0.00000272. The SMILES string of the molecule is Cl.N=C(N)N1CCC[C@H]1c1nc(-c2ccc(CCC3CCCC3)c(C(F)(F)F)c2)no1. The van der Waals surface area contributed by atoms with Crippen molar-refractivity contribution in [2.24, 2.45) is 11.7 Å². The number of guanidine groups is 1. The number of nitrogens with one attached hydrogen (secondary N) is 1. The van der Waals surface area contributed by atoms with Crippen LogP contribution >= 0.6 is 12.4 Å².